The summed E-state index contributed by atoms with van der Waals surface area (Å²) in [6.07, 6.45) is 19.2. The molecule has 1 radical (unpaired) electrons. The monoisotopic (exact) mass is 214 g/mol. The Bertz CT molecular complexity index is 275. The first-order valence-electron chi connectivity index (χ1n) is 4.61. The van der Waals surface area contributed by atoms with Crippen molar-refractivity contribution in [2.45, 2.75) is 0 Å². The van der Waals surface area contributed by atoms with Crippen molar-refractivity contribution in [3.05, 3.63) is 67.2 Å². The molecule has 0 aromatic rings. The van der Waals surface area contributed by atoms with Gasteiger partial charge >= 0.3 is 0 Å². The van der Waals surface area contributed by atoms with Crippen LogP contribution < -0.4 is 0 Å². The molecule has 0 N–H and O–H groups in total. The Labute approximate surface area is 105 Å². The van der Waals surface area contributed by atoms with Crippen LogP contribution in [0.15, 0.2) is 60.3 Å². The molecule has 2 aliphatic rings. The van der Waals surface area contributed by atoms with Crippen LogP contribution in [-0.4, -0.2) is 0 Å². The van der Waals surface area contributed by atoms with E-state index in [1.165, 1.54) is 5.57 Å². The Morgan fingerprint density at radius 3 is 1.50 bits per heavy atom. The Morgan fingerprint density at radius 2 is 1.21 bits per heavy atom. The second kappa shape index (κ2) is 5.35. The predicted molar refractivity (Wildman–Crippen MR) is 57.0 cm³/mol. The fourth-order valence-corrected chi connectivity index (χ4v) is 1.80. The minimum absolute atomic E-state index is 0. The molecule has 0 bridgehead atoms. The summed E-state index contributed by atoms with van der Waals surface area (Å²) in [6.45, 7) is 3.88. The van der Waals surface area contributed by atoms with Gasteiger partial charge in [0.2, 0.25) is 0 Å². The zero-order chi connectivity index (χ0) is 9.10. The third-order valence-electron chi connectivity index (χ3n) is 2.50. The maximum Gasteiger partial charge on any atom is 0 e. The minimum atomic E-state index is 0. The standard InChI is InChI=1S/C13H13.Sc/c1-2-13(11-7-3-4-8-11)12-9-5-6-10-12;/h2-12H,1H2;/q-1;. The maximum atomic E-state index is 3.88. The fraction of sp³-hybridized carbons (Fsp3) is 0.154. The van der Waals surface area contributed by atoms with Crippen molar-refractivity contribution in [3.8, 4) is 0 Å². The second-order valence-electron chi connectivity index (χ2n) is 3.30. The van der Waals surface area contributed by atoms with Crippen molar-refractivity contribution < 1.29 is 25.8 Å². The summed E-state index contributed by atoms with van der Waals surface area (Å²) in [5.41, 5.74) is 1.37. The first-order chi connectivity index (χ1) is 6.42. The van der Waals surface area contributed by atoms with Crippen LogP contribution in [0.3, 0.4) is 0 Å². The van der Waals surface area contributed by atoms with E-state index in [2.05, 4.69) is 55.5 Å². The number of hydrogen-bond acceptors (Lipinski definition) is 0. The molecule has 0 saturated heterocycles. The van der Waals surface area contributed by atoms with Crippen LogP contribution >= 0.6 is 0 Å². The third kappa shape index (κ3) is 2.27. The molecular weight excluding hydrogens is 201 g/mol. The molecule has 0 amide bonds. The van der Waals surface area contributed by atoms with Gasteiger partial charge in [-0.1, -0.05) is 48.6 Å². The van der Waals surface area contributed by atoms with Crippen molar-refractivity contribution >= 4 is 0 Å². The van der Waals surface area contributed by atoms with Gasteiger partial charge in [0.05, 0.1) is 0 Å². The minimum Gasteiger partial charge on any atom is -0.245 e. The zero-order valence-corrected chi connectivity index (χ0v) is 9.94. The van der Waals surface area contributed by atoms with E-state index in [9.17, 15) is 0 Å². The van der Waals surface area contributed by atoms with E-state index in [4.69, 9.17) is 0 Å². The van der Waals surface area contributed by atoms with E-state index in [0.717, 1.165) is 0 Å². The summed E-state index contributed by atoms with van der Waals surface area (Å²) in [6, 6.07) is 0. The van der Waals surface area contributed by atoms with E-state index in [1.807, 2.05) is 6.08 Å². The SMILES string of the molecule is [CH2-]C=C(C1C=CC=C1)C1C=CC=C1.[Sc]. The molecule has 1 heteroatoms. The topological polar surface area (TPSA) is 0 Å². The molecule has 0 unspecified atom stereocenters. The summed E-state index contributed by atoms with van der Waals surface area (Å²) >= 11 is 0. The van der Waals surface area contributed by atoms with Gasteiger partial charge in [-0.2, -0.15) is 5.57 Å². The predicted octanol–water partition coefficient (Wildman–Crippen LogP) is 3.23. The normalized spacial score (nSPS) is 18.9. The molecule has 0 saturated carbocycles. The first kappa shape index (κ1) is 11.5. The molecule has 0 fully saturated rings. The molecule has 0 aromatic carbocycles. The van der Waals surface area contributed by atoms with Crippen LogP contribution in [0.2, 0.25) is 0 Å². The molecular formula is C13H13Sc-. The van der Waals surface area contributed by atoms with Gasteiger partial charge in [-0.05, 0) is 11.8 Å². The second-order valence-corrected chi connectivity index (χ2v) is 3.30. The molecule has 0 spiro atoms. The van der Waals surface area contributed by atoms with E-state index in [0.29, 0.717) is 11.8 Å². The largest absolute Gasteiger partial charge is 0.245 e. The van der Waals surface area contributed by atoms with Gasteiger partial charge in [0.1, 0.15) is 0 Å². The van der Waals surface area contributed by atoms with Gasteiger partial charge in [-0.25, -0.2) is 13.0 Å². The van der Waals surface area contributed by atoms with Gasteiger partial charge in [0, 0.05) is 25.8 Å². The van der Waals surface area contributed by atoms with Gasteiger partial charge in [0.15, 0.2) is 0 Å². The molecule has 0 nitrogen and oxygen atoms in total. The van der Waals surface area contributed by atoms with Crippen molar-refractivity contribution in [2.75, 3.05) is 0 Å². The van der Waals surface area contributed by atoms with E-state index in [-0.39, 0.29) is 25.8 Å². The van der Waals surface area contributed by atoms with E-state index >= 15 is 0 Å². The van der Waals surface area contributed by atoms with E-state index < -0.39 is 0 Å². The van der Waals surface area contributed by atoms with Crippen molar-refractivity contribution in [2.24, 2.45) is 11.8 Å². The van der Waals surface area contributed by atoms with Crippen LogP contribution in [0.4, 0.5) is 0 Å². The van der Waals surface area contributed by atoms with Gasteiger partial charge in [-0.15, -0.1) is 0 Å². The van der Waals surface area contributed by atoms with Gasteiger partial charge in [0.25, 0.3) is 0 Å². The van der Waals surface area contributed by atoms with Crippen molar-refractivity contribution in [1.82, 2.24) is 0 Å². The van der Waals surface area contributed by atoms with Crippen molar-refractivity contribution in [1.29, 1.82) is 0 Å². The summed E-state index contributed by atoms with van der Waals surface area (Å²) in [5, 5.41) is 0. The Morgan fingerprint density at radius 1 is 0.857 bits per heavy atom. The first-order valence-corrected chi connectivity index (χ1v) is 4.61. The molecule has 0 aromatic heterocycles. The molecule has 0 atom stereocenters. The average Bonchev–Trinajstić information content (AvgIpc) is 2.76. The number of rotatable bonds is 2. The number of allylic oxidation sites excluding steroid dienone is 10. The summed E-state index contributed by atoms with van der Waals surface area (Å²) in [4.78, 5) is 0. The Kier molecular flexibility index (Phi) is 4.40. The molecule has 14 heavy (non-hydrogen) atoms. The third-order valence-corrected chi connectivity index (χ3v) is 2.50. The quantitative estimate of drug-likeness (QED) is 0.619. The molecule has 2 aliphatic carbocycles. The summed E-state index contributed by atoms with van der Waals surface area (Å²) < 4.78 is 0. The molecule has 2 rings (SSSR count). The maximum absolute atomic E-state index is 3.88. The van der Waals surface area contributed by atoms with Crippen LogP contribution in [0, 0.1) is 18.8 Å². The van der Waals surface area contributed by atoms with Gasteiger partial charge < -0.3 is 0 Å². The van der Waals surface area contributed by atoms with Gasteiger partial charge in [-0.3, -0.25) is 0 Å². The average molecular weight is 214 g/mol. The van der Waals surface area contributed by atoms with Crippen LogP contribution in [0.25, 0.3) is 0 Å². The zero-order valence-electron chi connectivity index (χ0n) is 8.14. The smallest absolute Gasteiger partial charge is 0 e. The summed E-state index contributed by atoms with van der Waals surface area (Å²) in [5.74, 6) is 0.907. The Balaban J connectivity index is 0.000000980. The van der Waals surface area contributed by atoms with E-state index in [1.54, 1.807) is 0 Å². The molecule has 69 valence electrons. The number of hydrogen-bond donors (Lipinski definition) is 0. The van der Waals surface area contributed by atoms with Crippen molar-refractivity contribution in [3.63, 3.8) is 0 Å². The van der Waals surface area contributed by atoms with Crippen LogP contribution in [0.5, 0.6) is 0 Å². The fourth-order valence-electron chi connectivity index (χ4n) is 1.80. The summed E-state index contributed by atoms with van der Waals surface area (Å²) in [7, 11) is 0. The molecule has 0 aliphatic heterocycles. The Hall–Kier alpha value is -0.560. The molecule has 0 heterocycles. The van der Waals surface area contributed by atoms with Crippen LogP contribution in [0.1, 0.15) is 0 Å². The van der Waals surface area contributed by atoms with Crippen LogP contribution in [-0.2, 0) is 25.8 Å².